The monoisotopic (exact) mass is 516 g/mol. The molecule has 4 nitrogen and oxygen atoms in total. The van der Waals surface area contributed by atoms with Gasteiger partial charge in [-0.05, 0) is 135 Å². The summed E-state index contributed by atoms with van der Waals surface area (Å²) < 4.78 is 12.7. The zero-order valence-electron chi connectivity index (χ0n) is 22.8. The predicted molar refractivity (Wildman–Crippen MR) is 149 cm³/mol. The molecule has 0 amide bonds. The molecule has 0 radical (unpaired) electrons. The minimum atomic E-state index is 0.0464. The Bertz CT molecular complexity index is 1060. The van der Waals surface area contributed by atoms with Gasteiger partial charge in [0.05, 0.1) is 13.2 Å². The van der Waals surface area contributed by atoms with Gasteiger partial charge in [0.2, 0.25) is 0 Å². The highest BCUT2D eigenvalue weighted by molar-refractivity contribution is 5.94. The Morgan fingerprint density at radius 3 is 1.13 bits per heavy atom. The molecule has 0 aliphatic heterocycles. The van der Waals surface area contributed by atoms with E-state index >= 15 is 0 Å². The summed E-state index contributed by atoms with van der Waals surface area (Å²) in [6.45, 7) is 0.796. The van der Waals surface area contributed by atoms with Crippen LogP contribution in [0, 0.1) is 35.5 Å². The molecule has 38 heavy (non-hydrogen) atoms. The number of hydrogen-bond acceptors (Lipinski definition) is 4. The number of rotatable bonds is 8. The van der Waals surface area contributed by atoms with E-state index in [1.807, 2.05) is 0 Å². The maximum atomic E-state index is 9.66. The van der Waals surface area contributed by atoms with Crippen LogP contribution in [-0.2, 0) is 10.8 Å². The van der Waals surface area contributed by atoms with E-state index in [4.69, 9.17) is 9.47 Å². The summed E-state index contributed by atoms with van der Waals surface area (Å²) in [6, 6.07) is 9.13. The van der Waals surface area contributed by atoms with Crippen molar-refractivity contribution in [2.24, 2.45) is 35.5 Å². The third-order valence-corrected chi connectivity index (χ3v) is 12.0. The van der Waals surface area contributed by atoms with Gasteiger partial charge in [-0.15, -0.1) is 0 Å². The number of aliphatic hydroxyl groups is 2. The van der Waals surface area contributed by atoms with Crippen molar-refractivity contribution >= 4 is 10.8 Å². The third-order valence-electron chi connectivity index (χ3n) is 12.0. The highest BCUT2D eigenvalue weighted by Crippen LogP contribution is 2.65. The zero-order chi connectivity index (χ0) is 25.5. The predicted octanol–water partition coefficient (Wildman–Crippen LogP) is 6.52. The first kappa shape index (κ1) is 24.1. The minimum Gasteiger partial charge on any atom is -0.491 e. The largest absolute Gasteiger partial charge is 0.491 e. The standard InChI is InChI=1S/C34H44O4/c35-5-7-37-29-3-1-27-28(32(29)34-18-24-12-25(19-34)14-26(13-24)20-34)2-4-30(38-8-6-36)31(27)33-15-21-9-22(16-33)11-23(10-21)17-33/h1-4,21-26,35-36H,5-20H2. The molecule has 8 bridgehead atoms. The molecule has 8 aliphatic carbocycles. The number of fused-ring (bicyclic) bond motifs is 1. The first-order valence-corrected chi connectivity index (χ1v) is 15.7. The van der Waals surface area contributed by atoms with Gasteiger partial charge in [-0.1, -0.05) is 12.1 Å². The Kier molecular flexibility index (Phi) is 5.61. The molecule has 0 heterocycles. The molecule has 0 unspecified atom stereocenters. The average molecular weight is 517 g/mol. The van der Waals surface area contributed by atoms with Crippen LogP contribution in [0.1, 0.15) is 88.2 Å². The minimum absolute atomic E-state index is 0.0464. The smallest absolute Gasteiger partial charge is 0.123 e. The van der Waals surface area contributed by atoms with Gasteiger partial charge < -0.3 is 19.7 Å². The molecule has 0 spiro atoms. The normalized spacial score (nSPS) is 40.3. The van der Waals surface area contributed by atoms with Crippen LogP contribution in [0.25, 0.3) is 10.8 Å². The van der Waals surface area contributed by atoms with Crippen molar-refractivity contribution in [2.45, 2.75) is 87.9 Å². The summed E-state index contributed by atoms with van der Waals surface area (Å²) in [4.78, 5) is 0. The van der Waals surface area contributed by atoms with E-state index in [9.17, 15) is 10.2 Å². The third kappa shape index (κ3) is 3.61. The second kappa shape index (κ2) is 8.86. The SMILES string of the molecule is OCCOc1ccc2c(C34CC5CC(CC(C5)C3)C4)c(OCCO)ccc2c1C12CC3CC(CC(C3)C1)C2. The molecule has 4 heteroatoms. The molecule has 0 aromatic heterocycles. The second-order valence-corrected chi connectivity index (χ2v) is 14.5. The van der Waals surface area contributed by atoms with Crippen molar-refractivity contribution in [3.8, 4) is 11.5 Å². The van der Waals surface area contributed by atoms with Gasteiger partial charge in [0, 0.05) is 22.0 Å². The first-order chi connectivity index (χ1) is 18.6. The topological polar surface area (TPSA) is 58.9 Å². The van der Waals surface area contributed by atoms with Crippen molar-refractivity contribution in [1.29, 1.82) is 0 Å². The van der Waals surface area contributed by atoms with Crippen molar-refractivity contribution in [3.63, 3.8) is 0 Å². The maximum absolute atomic E-state index is 9.66. The number of ether oxygens (including phenoxy) is 2. The van der Waals surface area contributed by atoms with Crippen LogP contribution in [0.2, 0.25) is 0 Å². The van der Waals surface area contributed by atoms with E-state index in [0.29, 0.717) is 13.2 Å². The van der Waals surface area contributed by atoms with Crippen molar-refractivity contribution < 1.29 is 19.7 Å². The highest BCUT2D eigenvalue weighted by atomic mass is 16.5. The Hall–Kier alpha value is -1.78. The van der Waals surface area contributed by atoms with E-state index in [-0.39, 0.29) is 24.0 Å². The summed E-state index contributed by atoms with van der Waals surface area (Å²) in [6.07, 6.45) is 16.3. The van der Waals surface area contributed by atoms with Gasteiger partial charge in [0.25, 0.3) is 0 Å². The quantitative estimate of drug-likeness (QED) is 0.420. The molecule has 8 saturated carbocycles. The number of aliphatic hydroxyl groups excluding tert-OH is 2. The molecule has 2 aromatic rings. The van der Waals surface area contributed by atoms with Crippen molar-refractivity contribution in [3.05, 3.63) is 35.4 Å². The van der Waals surface area contributed by atoms with Crippen LogP contribution in [-0.4, -0.2) is 36.6 Å². The highest BCUT2D eigenvalue weighted by Gasteiger charge is 2.55. The summed E-state index contributed by atoms with van der Waals surface area (Å²) >= 11 is 0. The molecule has 2 aromatic carbocycles. The Morgan fingerprint density at radius 2 is 0.842 bits per heavy atom. The molecule has 10 rings (SSSR count). The van der Waals surface area contributed by atoms with Crippen LogP contribution < -0.4 is 9.47 Å². The lowest BCUT2D eigenvalue weighted by atomic mass is 9.46. The average Bonchev–Trinajstić information content (AvgIpc) is 2.88. The summed E-state index contributed by atoms with van der Waals surface area (Å²) in [5.41, 5.74) is 3.29. The molecule has 0 atom stereocenters. The van der Waals surface area contributed by atoms with E-state index < -0.39 is 0 Å². The molecule has 0 saturated heterocycles. The summed E-state index contributed by atoms with van der Waals surface area (Å²) in [5, 5.41) is 22.1. The summed E-state index contributed by atoms with van der Waals surface area (Å²) in [7, 11) is 0. The molecular weight excluding hydrogens is 472 g/mol. The molecule has 8 fully saturated rings. The molecule has 8 aliphatic rings. The van der Waals surface area contributed by atoms with Crippen LogP contribution in [0.5, 0.6) is 11.5 Å². The van der Waals surface area contributed by atoms with Gasteiger partial charge in [0.15, 0.2) is 0 Å². The van der Waals surface area contributed by atoms with Crippen LogP contribution in [0.15, 0.2) is 24.3 Å². The van der Waals surface area contributed by atoms with Crippen LogP contribution in [0.3, 0.4) is 0 Å². The summed E-state index contributed by atoms with van der Waals surface area (Å²) in [5.74, 6) is 7.17. The van der Waals surface area contributed by atoms with E-state index in [1.165, 1.54) is 98.9 Å². The van der Waals surface area contributed by atoms with Gasteiger partial charge in [-0.3, -0.25) is 0 Å². The Balaban J connectivity index is 1.34. The number of hydrogen-bond donors (Lipinski definition) is 2. The zero-order valence-corrected chi connectivity index (χ0v) is 22.8. The Labute approximate surface area is 227 Å². The fraction of sp³-hybridized carbons (Fsp3) is 0.706. The Morgan fingerprint density at radius 1 is 0.526 bits per heavy atom. The van der Waals surface area contributed by atoms with Gasteiger partial charge >= 0.3 is 0 Å². The van der Waals surface area contributed by atoms with Crippen molar-refractivity contribution in [1.82, 2.24) is 0 Å². The van der Waals surface area contributed by atoms with E-state index in [0.717, 1.165) is 47.0 Å². The van der Waals surface area contributed by atoms with Crippen LogP contribution >= 0.6 is 0 Å². The number of benzene rings is 2. The van der Waals surface area contributed by atoms with Gasteiger partial charge in [0.1, 0.15) is 24.7 Å². The lowest BCUT2D eigenvalue weighted by Crippen LogP contribution is -2.49. The van der Waals surface area contributed by atoms with E-state index in [2.05, 4.69) is 24.3 Å². The van der Waals surface area contributed by atoms with Gasteiger partial charge in [-0.2, -0.15) is 0 Å². The molecule has 2 N–H and O–H groups in total. The van der Waals surface area contributed by atoms with Crippen molar-refractivity contribution in [2.75, 3.05) is 26.4 Å². The second-order valence-electron chi connectivity index (χ2n) is 14.5. The lowest BCUT2D eigenvalue weighted by Gasteiger charge is -2.58. The van der Waals surface area contributed by atoms with Crippen LogP contribution in [0.4, 0.5) is 0 Å². The molecular formula is C34H44O4. The lowest BCUT2D eigenvalue weighted by molar-refractivity contribution is -0.00658. The van der Waals surface area contributed by atoms with Gasteiger partial charge in [-0.25, -0.2) is 0 Å². The molecule has 204 valence electrons. The van der Waals surface area contributed by atoms with E-state index in [1.54, 1.807) is 0 Å². The fourth-order valence-electron chi connectivity index (χ4n) is 11.8. The fourth-order valence-corrected chi connectivity index (χ4v) is 11.8. The first-order valence-electron chi connectivity index (χ1n) is 15.7. The maximum Gasteiger partial charge on any atom is 0.123 e.